The van der Waals surface area contributed by atoms with Gasteiger partial charge >= 0.3 is 0 Å². The van der Waals surface area contributed by atoms with Crippen LogP contribution in [0.25, 0.3) is 0 Å². The van der Waals surface area contributed by atoms with E-state index in [9.17, 15) is 20.1 Å². The highest BCUT2D eigenvalue weighted by Crippen LogP contribution is 2.47. The Kier molecular flexibility index (Phi) is 6.70. The van der Waals surface area contributed by atoms with Crippen LogP contribution in [0.5, 0.6) is 0 Å². The zero-order chi connectivity index (χ0) is 23.0. The van der Waals surface area contributed by atoms with Crippen LogP contribution in [0.2, 0.25) is 0 Å². The predicted octanol–water partition coefficient (Wildman–Crippen LogP) is 3.07. The van der Waals surface area contributed by atoms with Crippen molar-refractivity contribution < 1.29 is 20.1 Å². The summed E-state index contributed by atoms with van der Waals surface area (Å²) in [6.45, 7) is 5.97. The van der Waals surface area contributed by atoms with Gasteiger partial charge < -0.3 is 20.2 Å². The van der Waals surface area contributed by atoms with E-state index in [0.29, 0.717) is 6.42 Å². The number of allylic oxidation sites excluding steroid dienone is 7. The molecule has 0 spiro atoms. The standard InChI is InChI=1S/C27H35NO4/c1-4-5-6-7-10-19-15-22(30)25-24-17(3)14-18-12-13-21(29)26(31)23(18)16(2)9-8-11-20(24)27(32)28(19)25/h4-9,11-14,18-26,29-31H,10,15H2,1-3H3/b5-4+,7-6+,11-8?,16-9-,17-14-/t18-,19-,20+,21-,22+,23-,24-,25+,26-/m1/s1. The van der Waals surface area contributed by atoms with Crippen molar-refractivity contribution in [3.05, 3.63) is 71.9 Å². The predicted molar refractivity (Wildman–Crippen MR) is 125 cm³/mol. The van der Waals surface area contributed by atoms with Gasteiger partial charge in [0.15, 0.2) is 0 Å². The molecule has 5 nitrogen and oxygen atoms in total. The largest absolute Gasteiger partial charge is 0.391 e. The Balaban J connectivity index is 1.71. The number of rotatable bonds is 3. The van der Waals surface area contributed by atoms with Crippen LogP contribution in [0.3, 0.4) is 0 Å². The molecule has 0 radical (unpaired) electrons. The fourth-order valence-corrected chi connectivity index (χ4v) is 6.13. The summed E-state index contributed by atoms with van der Waals surface area (Å²) in [5.41, 5.74) is 2.03. The molecular formula is C27H35NO4. The quantitative estimate of drug-likeness (QED) is 0.468. The summed E-state index contributed by atoms with van der Waals surface area (Å²) in [5, 5.41) is 31.8. The summed E-state index contributed by atoms with van der Waals surface area (Å²) >= 11 is 0. The SMILES string of the molecule is C/C=C/C=C/C[C@@H]1C[C@H](O)[C@H]2[C@@H]3/C(C)=C\[C@H]4C=C[C@@H](O)[C@@H](O)[C@@H]4/C(C)=C\C=C[C@@H]3C(=O)N12. The number of hydrogen-bond donors (Lipinski definition) is 3. The van der Waals surface area contributed by atoms with Gasteiger partial charge in [-0.15, -0.1) is 0 Å². The molecule has 0 unspecified atom stereocenters. The first-order valence-corrected chi connectivity index (χ1v) is 11.7. The number of fused-ring (bicyclic) bond motifs is 4. The topological polar surface area (TPSA) is 81.0 Å². The van der Waals surface area contributed by atoms with Gasteiger partial charge in [-0.1, -0.05) is 71.9 Å². The Morgan fingerprint density at radius 1 is 1.06 bits per heavy atom. The van der Waals surface area contributed by atoms with E-state index in [1.807, 2.05) is 68.2 Å². The molecule has 2 heterocycles. The summed E-state index contributed by atoms with van der Waals surface area (Å²) in [6, 6.07) is -0.237. The molecular weight excluding hydrogens is 402 g/mol. The molecule has 0 saturated carbocycles. The molecule has 2 aliphatic carbocycles. The van der Waals surface area contributed by atoms with Crippen molar-refractivity contribution >= 4 is 5.91 Å². The second-order valence-electron chi connectivity index (χ2n) is 9.61. The van der Waals surface area contributed by atoms with Crippen LogP contribution in [-0.4, -0.2) is 56.5 Å². The van der Waals surface area contributed by atoms with Crippen molar-refractivity contribution in [2.75, 3.05) is 0 Å². The third kappa shape index (κ3) is 3.98. The number of aliphatic hydroxyl groups is 3. The van der Waals surface area contributed by atoms with E-state index in [0.717, 1.165) is 17.6 Å². The normalized spacial score (nSPS) is 44.9. The summed E-state index contributed by atoms with van der Waals surface area (Å²) in [6.07, 6.45) is 18.6. The maximum Gasteiger partial charge on any atom is 0.230 e. The molecule has 4 aliphatic rings. The first-order valence-electron chi connectivity index (χ1n) is 11.7. The van der Waals surface area contributed by atoms with E-state index in [4.69, 9.17) is 0 Å². The number of carbonyl (C=O) groups excluding carboxylic acids is 1. The van der Waals surface area contributed by atoms with Crippen molar-refractivity contribution in [2.45, 2.75) is 64.0 Å². The molecule has 0 aromatic rings. The molecule has 4 rings (SSSR count). The Labute approximate surface area is 190 Å². The van der Waals surface area contributed by atoms with Gasteiger partial charge in [-0.2, -0.15) is 0 Å². The van der Waals surface area contributed by atoms with E-state index in [1.165, 1.54) is 0 Å². The molecule has 9 atom stereocenters. The smallest absolute Gasteiger partial charge is 0.230 e. The van der Waals surface area contributed by atoms with Crippen LogP contribution in [0, 0.1) is 23.7 Å². The Morgan fingerprint density at radius 3 is 2.59 bits per heavy atom. The first-order chi connectivity index (χ1) is 15.3. The van der Waals surface area contributed by atoms with E-state index < -0.39 is 18.3 Å². The Bertz CT molecular complexity index is 911. The monoisotopic (exact) mass is 437 g/mol. The van der Waals surface area contributed by atoms with Gasteiger partial charge in [-0.3, -0.25) is 4.79 Å². The average Bonchev–Trinajstić information content (AvgIpc) is 3.23. The van der Waals surface area contributed by atoms with Gasteiger partial charge in [-0.25, -0.2) is 0 Å². The summed E-state index contributed by atoms with van der Waals surface area (Å²) in [7, 11) is 0. The van der Waals surface area contributed by atoms with Gasteiger partial charge in [0.2, 0.25) is 5.91 Å². The lowest BCUT2D eigenvalue weighted by molar-refractivity contribution is -0.132. The Hall–Kier alpha value is -2.21. The fourth-order valence-electron chi connectivity index (χ4n) is 6.13. The number of amides is 1. The average molecular weight is 438 g/mol. The van der Waals surface area contributed by atoms with Crippen molar-refractivity contribution in [3.8, 4) is 0 Å². The zero-order valence-corrected chi connectivity index (χ0v) is 19.1. The third-order valence-corrected chi connectivity index (χ3v) is 7.61. The molecule has 172 valence electrons. The number of hydrogen-bond acceptors (Lipinski definition) is 4. The molecule has 2 saturated heterocycles. The van der Waals surface area contributed by atoms with Crippen LogP contribution < -0.4 is 0 Å². The molecule has 0 bridgehead atoms. The van der Waals surface area contributed by atoms with Gasteiger partial charge in [0.1, 0.15) is 0 Å². The van der Waals surface area contributed by atoms with Crippen LogP contribution in [0.15, 0.2) is 71.9 Å². The lowest BCUT2D eigenvalue weighted by atomic mass is 9.73. The van der Waals surface area contributed by atoms with Gasteiger partial charge in [0.05, 0.1) is 30.3 Å². The molecule has 0 aromatic heterocycles. The minimum Gasteiger partial charge on any atom is -0.391 e. The summed E-state index contributed by atoms with van der Waals surface area (Å²) in [5.74, 6) is -0.626. The van der Waals surface area contributed by atoms with E-state index in [2.05, 4.69) is 12.2 Å². The number of carbonyl (C=O) groups is 1. The van der Waals surface area contributed by atoms with Crippen LogP contribution >= 0.6 is 0 Å². The maximum absolute atomic E-state index is 13.5. The molecule has 2 aliphatic heterocycles. The van der Waals surface area contributed by atoms with Gasteiger partial charge in [0, 0.05) is 23.8 Å². The molecule has 5 heteroatoms. The van der Waals surface area contributed by atoms with Crippen molar-refractivity contribution in [2.24, 2.45) is 23.7 Å². The minimum atomic E-state index is -0.885. The van der Waals surface area contributed by atoms with Gasteiger partial charge in [0.25, 0.3) is 0 Å². The minimum absolute atomic E-state index is 0.000549. The fraction of sp³-hybridized carbons (Fsp3) is 0.519. The zero-order valence-electron chi connectivity index (χ0n) is 19.1. The van der Waals surface area contributed by atoms with E-state index in [1.54, 1.807) is 6.08 Å². The maximum atomic E-state index is 13.5. The highest BCUT2D eigenvalue weighted by Gasteiger charge is 2.56. The van der Waals surface area contributed by atoms with E-state index >= 15 is 0 Å². The second kappa shape index (κ2) is 9.34. The van der Waals surface area contributed by atoms with Gasteiger partial charge in [-0.05, 0) is 33.6 Å². The lowest BCUT2D eigenvalue weighted by Crippen LogP contribution is -2.40. The third-order valence-electron chi connectivity index (χ3n) is 7.61. The van der Waals surface area contributed by atoms with Crippen LogP contribution in [0.4, 0.5) is 0 Å². The van der Waals surface area contributed by atoms with Crippen molar-refractivity contribution in [3.63, 3.8) is 0 Å². The first kappa shape index (κ1) is 23.0. The Morgan fingerprint density at radius 2 is 1.84 bits per heavy atom. The number of nitrogens with zero attached hydrogens (tertiary/aromatic N) is 1. The molecule has 2 fully saturated rings. The van der Waals surface area contributed by atoms with Crippen molar-refractivity contribution in [1.82, 2.24) is 4.90 Å². The molecule has 0 aromatic carbocycles. The highest BCUT2D eigenvalue weighted by molar-refractivity contribution is 5.85. The van der Waals surface area contributed by atoms with Crippen molar-refractivity contribution in [1.29, 1.82) is 0 Å². The number of aliphatic hydroxyl groups excluding tert-OH is 3. The molecule has 32 heavy (non-hydrogen) atoms. The molecule has 1 amide bonds. The second-order valence-corrected chi connectivity index (χ2v) is 9.61. The van der Waals surface area contributed by atoms with Crippen LogP contribution in [0.1, 0.15) is 33.6 Å². The summed E-state index contributed by atoms with van der Waals surface area (Å²) in [4.78, 5) is 15.5. The van der Waals surface area contributed by atoms with E-state index in [-0.39, 0.29) is 41.7 Å². The molecule has 3 N–H and O–H groups in total. The van der Waals surface area contributed by atoms with Crippen LogP contribution in [-0.2, 0) is 4.79 Å². The summed E-state index contributed by atoms with van der Waals surface area (Å²) < 4.78 is 0. The lowest BCUT2D eigenvalue weighted by Gasteiger charge is -2.35. The highest BCUT2D eigenvalue weighted by atomic mass is 16.3.